The van der Waals surface area contributed by atoms with E-state index in [1.807, 2.05) is 6.07 Å². The summed E-state index contributed by atoms with van der Waals surface area (Å²) < 4.78 is 2.84. The van der Waals surface area contributed by atoms with Crippen molar-refractivity contribution in [2.45, 2.75) is 6.54 Å². The molecule has 0 spiro atoms. The van der Waals surface area contributed by atoms with Gasteiger partial charge >= 0.3 is 0 Å². The normalized spacial score (nSPS) is 10.3. The van der Waals surface area contributed by atoms with Gasteiger partial charge < -0.3 is 11.1 Å². The maximum absolute atomic E-state index is 12.1. The molecule has 0 unspecified atom stereocenters. The van der Waals surface area contributed by atoms with Gasteiger partial charge in [0.2, 0.25) is 5.91 Å². The molecule has 8 heteroatoms. The van der Waals surface area contributed by atoms with Crippen molar-refractivity contribution < 1.29 is 9.59 Å². The number of hydrogen-bond acceptors (Lipinski definition) is 3. The van der Waals surface area contributed by atoms with Gasteiger partial charge in [-0.2, -0.15) is 5.10 Å². The van der Waals surface area contributed by atoms with Gasteiger partial charge in [-0.05, 0) is 34.1 Å². The number of hydrogen-bond donors (Lipinski definition) is 2. The summed E-state index contributed by atoms with van der Waals surface area (Å²) in [4.78, 5) is 22.9. The molecule has 0 aliphatic carbocycles. The van der Waals surface area contributed by atoms with Gasteiger partial charge in [-0.25, -0.2) is 0 Å². The zero-order valence-corrected chi connectivity index (χ0v) is 13.3. The summed E-state index contributed by atoms with van der Waals surface area (Å²) in [5.74, 6) is -0.780. The van der Waals surface area contributed by atoms with Crippen LogP contribution >= 0.6 is 31.9 Å². The molecule has 0 aliphatic heterocycles. The third-order valence-electron chi connectivity index (χ3n) is 2.38. The quantitative estimate of drug-likeness (QED) is 0.822. The van der Waals surface area contributed by atoms with Gasteiger partial charge in [0.25, 0.3) is 5.91 Å². The number of carbonyl (C=O) groups excluding carboxylic acids is 2. The van der Waals surface area contributed by atoms with E-state index in [1.54, 1.807) is 12.1 Å². The molecule has 0 radical (unpaired) electrons. The van der Waals surface area contributed by atoms with Crippen LogP contribution in [0.5, 0.6) is 0 Å². The SMILES string of the molecule is NC(=O)Cn1cc(NC(=O)c2cc(Br)ccc2Br)cn1. The molecular weight excluding hydrogens is 392 g/mol. The summed E-state index contributed by atoms with van der Waals surface area (Å²) in [5.41, 5.74) is 6.04. The molecular formula is C12H10Br2N4O2. The van der Waals surface area contributed by atoms with E-state index in [-0.39, 0.29) is 12.5 Å². The van der Waals surface area contributed by atoms with E-state index >= 15 is 0 Å². The van der Waals surface area contributed by atoms with Crippen LogP contribution in [0.4, 0.5) is 5.69 Å². The van der Waals surface area contributed by atoms with Crippen molar-refractivity contribution in [3.05, 3.63) is 45.1 Å². The van der Waals surface area contributed by atoms with E-state index in [4.69, 9.17) is 5.73 Å². The molecule has 2 amide bonds. The maximum atomic E-state index is 12.1. The number of aromatic nitrogens is 2. The van der Waals surface area contributed by atoms with Crippen molar-refractivity contribution in [1.82, 2.24) is 9.78 Å². The zero-order chi connectivity index (χ0) is 14.7. The lowest BCUT2D eigenvalue weighted by Crippen LogP contribution is -2.18. The van der Waals surface area contributed by atoms with E-state index < -0.39 is 5.91 Å². The predicted molar refractivity (Wildman–Crippen MR) is 81.2 cm³/mol. The number of nitrogens with two attached hydrogens (primary N) is 1. The molecule has 20 heavy (non-hydrogen) atoms. The second-order valence-electron chi connectivity index (χ2n) is 3.97. The first-order valence-corrected chi connectivity index (χ1v) is 7.11. The standard InChI is InChI=1S/C12H10Br2N4O2/c13-7-1-2-10(14)9(3-7)12(20)17-8-4-16-18(5-8)6-11(15)19/h1-5H,6H2,(H2,15,19)(H,17,20). The van der Waals surface area contributed by atoms with Gasteiger partial charge in [0, 0.05) is 15.1 Å². The average Bonchev–Trinajstić information content (AvgIpc) is 2.78. The summed E-state index contributed by atoms with van der Waals surface area (Å²) in [6.07, 6.45) is 2.99. The molecule has 1 aromatic carbocycles. The van der Waals surface area contributed by atoms with Crippen molar-refractivity contribution in [1.29, 1.82) is 0 Å². The number of halogens is 2. The number of primary amides is 1. The number of carbonyl (C=O) groups is 2. The van der Waals surface area contributed by atoms with Crippen molar-refractivity contribution in [3.8, 4) is 0 Å². The molecule has 104 valence electrons. The lowest BCUT2D eigenvalue weighted by molar-refractivity contribution is -0.118. The molecule has 3 N–H and O–H groups in total. The van der Waals surface area contributed by atoms with Crippen LogP contribution in [0.15, 0.2) is 39.5 Å². The minimum atomic E-state index is -0.499. The molecule has 0 aliphatic rings. The highest BCUT2D eigenvalue weighted by atomic mass is 79.9. The fourth-order valence-corrected chi connectivity index (χ4v) is 2.33. The zero-order valence-electron chi connectivity index (χ0n) is 10.1. The maximum Gasteiger partial charge on any atom is 0.256 e. The van der Waals surface area contributed by atoms with Gasteiger partial charge in [0.15, 0.2) is 0 Å². The summed E-state index contributed by atoms with van der Waals surface area (Å²) >= 11 is 6.63. The molecule has 1 heterocycles. The Morgan fingerprint density at radius 1 is 1.35 bits per heavy atom. The Morgan fingerprint density at radius 2 is 2.10 bits per heavy atom. The second-order valence-corrected chi connectivity index (χ2v) is 5.74. The molecule has 0 atom stereocenters. The molecule has 2 aromatic rings. The average molecular weight is 402 g/mol. The summed E-state index contributed by atoms with van der Waals surface area (Å²) in [6.45, 7) is -0.0313. The molecule has 0 bridgehead atoms. The van der Waals surface area contributed by atoms with Crippen LogP contribution in [0.2, 0.25) is 0 Å². The highest BCUT2D eigenvalue weighted by Crippen LogP contribution is 2.22. The number of nitrogens with one attached hydrogen (secondary N) is 1. The van der Waals surface area contributed by atoms with E-state index in [1.165, 1.54) is 17.1 Å². The van der Waals surface area contributed by atoms with E-state index in [0.717, 1.165) is 4.47 Å². The van der Waals surface area contributed by atoms with Crippen molar-refractivity contribution in [2.75, 3.05) is 5.32 Å². The Kier molecular flexibility index (Phi) is 4.56. The minimum Gasteiger partial charge on any atom is -0.368 e. The third-order valence-corrected chi connectivity index (χ3v) is 3.57. The number of nitrogens with zero attached hydrogens (tertiary/aromatic N) is 2. The molecule has 2 rings (SSSR count). The molecule has 0 saturated heterocycles. The predicted octanol–water partition coefficient (Wildman–Crippen LogP) is 2.15. The fourth-order valence-electron chi connectivity index (χ4n) is 1.54. The van der Waals surface area contributed by atoms with Gasteiger partial charge in [-0.1, -0.05) is 15.9 Å². The van der Waals surface area contributed by atoms with E-state index in [9.17, 15) is 9.59 Å². The van der Waals surface area contributed by atoms with Crippen molar-refractivity contribution in [2.24, 2.45) is 5.73 Å². The fraction of sp³-hybridized carbons (Fsp3) is 0.0833. The highest BCUT2D eigenvalue weighted by Gasteiger charge is 2.12. The Balaban J connectivity index is 2.13. The smallest absolute Gasteiger partial charge is 0.256 e. The van der Waals surface area contributed by atoms with Crippen molar-refractivity contribution in [3.63, 3.8) is 0 Å². The molecule has 0 saturated carbocycles. The first-order chi connectivity index (χ1) is 9.45. The van der Waals surface area contributed by atoms with E-state index in [0.29, 0.717) is 15.7 Å². The van der Waals surface area contributed by atoms with E-state index in [2.05, 4.69) is 42.3 Å². The summed E-state index contributed by atoms with van der Waals surface area (Å²) in [6, 6.07) is 5.30. The van der Waals surface area contributed by atoms with Crippen molar-refractivity contribution >= 4 is 49.4 Å². The van der Waals surface area contributed by atoms with Crippen LogP contribution in [0.1, 0.15) is 10.4 Å². The summed E-state index contributed by atoms with van der Waals surface area (Å²) in [5, 5.41) is 6.62. The second kappa shape index (κ2) is 6.19. The van der Waals surface area contributed by atoms with Crippen LogP contribution in [0.3, 0.4) is 0 Å². The van der Waals surface area contributed by atoms with Crippen LogP contribution in [-0.2, 0) is 11.3 Å². The van der Waals surface area contributed by atoms with Crippen LogP contribution in [-0.4, -0.2) is 21.6 Å². The number of benzene rings is 1. The topological polar surface area (TPSA) is 90.0 Å². The van der Waals surface area contributed by atoms with Gasteiger partial charge in [-0.15, -0.1) is 0 Å². The lowest BCUT2D eigenvalue weighted by atomic mass is 10.2. The van der Waals surface area contributed by atoms with Crippen LogP contribution < -0.4 is 11.1 Å². The largest absolute Gasteiger partial charge is 0.368 e. The Labute approximate surface area is 131 Å². The Bertz CT molecular complexity index is 669. The third kappa shape index (κ3) is 3.67. The van der Waals surface area contributed by atoms with Gasteiger partial charge in [-0.3, -0.25) is 14.3 Å². The monoisotopic (exact) mass is 400 g/mol. The Morgan fingerprint density at radius 3 is 2.80 bits per heavy atom. The Hall–Kier alpha value is -1.67. The number of anilines is 1. The highest BCUT2D eigenvalue weighted by molar-refractivity contribution is 9.11. The lowest BCUT2D eigenvalue weighted by Gasteiger charge is -2.05. The summed E-state index contributed by atoms with van der Waals surface area (Å²) in [7, 11) is 0. The van der Waals surface area contributed by atoms with Gasteiger partial charge in [0.05, 0.1) is 17.4 Å². The molecule has 6 nitrogen and oxygen atoms in total. The number of rotatable bonds is 4. The minimum absolute atomic E-state index is 0.0313. The van der Waals surface area contributed by atoms with Crippen LogP contribution in [0, 0.1) is 0 Å². The van der Waals surface area contributed by atoms with Gasteiger partial charge in [0.1, 0.15) is 6.54 Å². The molecule has 1 aromatic heterocycles. The first-order valence-electron chi connectivity index (χ1n) is 5.53. The molecule has 0 fully saturated rings. The first kappa shape index (κ1) is 14.7. The number of amides is 2. The van der Waals surface area contributed by atoms with Crippen LogP contribution in [0.25, 0.3) is 0 Å².